The third-order valence-electron chi connectivity index (χ3n) is 3.08. The van der Waals surface area contributed by atoms with Crippen LogP contribution in [0, 0.1) is 0 Å². The fraction of sp³-hybridized carbons (Fsp3) is 0.571. The van der Waals surface area contributed by atoms with Gasteiger partial charge in [0, 0.05) is 23.9 Å². The molecule has 0 aromatic heterocycles. The van der Waals surface area contributed by atoms with Gasteiger partial charge in [0.15, 0.2) is 11.5 Å². The monoisotopic (exact) mass is 303 g/mol. The molecule has 2 rings (SSSR count). The van der Waals surface area contributed by atoms with Crippen molar-refractivity contribution in [3.05, 3.63) is 23.8 Å². The van der Waals surface area contributed by atoms with Crippen LogP contribution in [0.3, 0.4) is 0 Å². The van der Waals surface area contributed by atoms with Gasteiger partial charge in [0.25, 0.3) is 0 Å². The number of rotatable bonds is 7. The van der Waals surface area contributed by atoms with Crippen molar-refractivity contribution in [3.63, 3.8) is 0 Å². The van der Waals surface area contributed by atoms with Crippen LogP contribution in [0.25, 0.3) is 0 Å². The minimum absolute atomic E-state index is 0.141. The molecule has 3 nitrogen and oxygen atoms in total. The van der Waals surface area contributed by atoms with Gasteiger partial charge in [-0.05, 0) is 25.2 Å². The van der Waals surface area contributed by atoms with E-state index >= 15 is 0 Å². The van der Waals surface area contributed by atoms with E-state index in [1.165, 1.54) is 0 Å². The maximum Gasteiger partial charge on any atom is 0.387 e. The number of ether oxygens (including phenoxy) is 2. The van der Waals surface area contributed by atoms with E-state index in [9.17, 15) is 8.78 Å². The fourth-order valence-corrected chi connectivity index (χ4v) is 3.33. The summed E-state index contributed by atoms with van der Waals surface area (Å²) >= 11 is 1.91. The van der Waals surface area contributed by atoms with Crippen LogP contribution in [0.5, 0.6) is 11.5 Å². The largest absolute Gasteiger partial charge is 0.490 e. The second-order valence-electron chi connectivity index (χ2n) is 4.50. The van der Waals surface area contributed by atoms with E-state index in [0.717, 1.165) is 17.9 Å². The first kappa shape index (κ1) is 15.4. The highest BCUT2D eigenvalue weighted by atomic mass is 32.2. The third kappa shape index (κ3) is 4.24. The van der Waals surface area contributed by atoms with Crippen molar-refractivity contribution in [1.82, 2.24) is 5.32 Å². The van der Waals surface area contributed by atoms with Crippen LogP contribution in [0.15, 0.2) is 18.2 Å². The van der Waals surface area contributed by atoms with Crippen molar-refractivity contribution in [2.24, 2.45) is 0 Å². The summed E-state index contributed by atoms with van der Waals surface area (Å²) in [6, 6.07) is 5.67. The van der Waals surface area contributed by atoms with E-state index in [1.54, 1.807) is 18.2 Å². The van der Waals surface area contributed by atoms with Gasteiger partial charge in [-0.25, -0.2) is 0 Å². The van der Waals surface area contributed by atoms with Gasteiger partial charge >= 0.3 is 6.61 Å². The van der Waals surface area contributed by atoms with Crippen LogP contribution in [-0.2, 0) is 6.54 Å². The number of hydrogen-bond acceptors (Lipinski definition) is 4. The molecule has 1 atom stereocenters. The van der Waals surface area contributed by atoms with E-state index < -0.39 is 6.61 Å². The Morgan fingerprint density at radius 1 is 1.45 bits per heavy atom. The highest BCUT2D eigenvalue weighted by Crippen LogP contribution is 2.33. The average molecular weight is 303 g/mol. The number of thioether (sulfide) groups is 1. The van der Waals surface area contributed by atoms with E-state index in [0.29, 0.717) is 30.5 Å². The molecule has 0 aliphatic carbocycles. The Morgan fingerprint density at radius 3 is 2.95 bits per heavy atom. The molecule has 1 aliphatic heterocycles. The van der Waals surface area contributed by atoms with Crippen LogP contribution in [0.4, 0.5) is 8.78 Å². The van der Waals surface area contributed by atoms with E-state index in [2.05, 4.69) is 10.1 Å². The fourth-order valence-electron chi connectivity index (χ4n) is 2.14. The van der Waals surface area contributed by atoms with Gasteiger partial charge in [-0.2, -0.15) is 20.5 Å². The van der Waals surface area contributed by atoms with E-state index in [4.69, 9.17) is 4.74 Å². The Bertz CT molecular complexity index is 426. The van der Waals surface area contributed by atoms with Crippen LogP contribution in [-0.4, -0.2) is 30.8 Å². The Labute approximate surface area is 122 Å². The lowest BCUT2D eigenvalue weighted by atomic mass is 10.1. The highest BCUT2D eigenvalue weighted by Gasteiger charge is 2.18. The molecule has 0 unspecified atom stereocenters. The zero-order chi connectivity index (χ0) is 14.4. The molecular weight excluding hydrogens is 284 g/mol. The van der Waals surface area contributed by atoms with Gasteiger partial charge in [-0.1, -0.05) is 12.1 Å². The highest BCUT2D eigenvalue weighted by molar-refractivity contribution is 7.99. The van der Waals surface area contributed by atoms with Gasteiger partial charge in [0.05, 0.1) is 6.61 Å². The molecule has 1 fully saturated rings. The van der Waals surface area contributed by atoms with Crippen molar-refractivity contribution in [2.45, 2.75) is 32.5 Å². The Morgan fingerprint density at radius 2 is 2.30 bits per heavy atom. The van der Waals surface area contributed by atoms with Crippen LogP contribution in [0.2, 0.25) is 0 Å². The zero-order valence-corrected chi connectivity index (χ0v) is 12.2. The second-order valence-corrected chi connectivity index (χ2v) is 5.65. The predicted octanol–water partition coefficient (Wildman–Crippen LogP) is 3.28. The molecule has 0 saturated carbocycles. The van der Waals surface area contributed by atoms with E-state index in [-0.39, 0.29) is 5.75 Å². The molecule has 0 bridgehead atoms. The smallest absolute Gasteiger partial charge is 0.387 e. The number of benzene rings is 1. The SMILES string of the molecule is CCOc1cccc(CN[C@H]2CCSC2)c1OC(F)F. The minimum atomic E-state index is -2.85. The summed E-state index contributed by atoms with van der Waals surface area (Å²) in [7, 11) is 0. The number of halogens is 2. The van der Waals surface area contributed by atoms with Crippen molar-refractivity contribution in [3.8, 4) is 11.5 Å². The zero-order valence-electron chi connectivity index (χ0n) is 11.4. The van der Waals surface area contributed by atoms with Crippen LogP contribution < -0.4 is 14.8 Å². The van der Waals surface area contributed by atoms with E-state index in [1.807, 2.05) is 18.7 Å². The Kier molecular flexibility index (Phi) is 5.91. The van der Waals surface area contributed by atoms with Gasteiger partial charge in [0.2, 0.25) is 0 Å². The summed E-state index contributed by atoms with van der Waals surface area (Å²) in [4.78, 5) is 0. The lowest BCUT2D eigenvalue weighted by Crippen LogP contribution is -2.28. The van der Waals surface area contributed by atoms with Crippen molar-refractivity contribution in [2.75, 3.05) is 18.1 Å². The molecule has 1 N–H and O–H groups in total. The molecule has 1 heterocycles. The molecule has 0 spiro atoms. The quantitative estimate of drug-likeness (QED) is 0.837. The second kappa shape index (κ2) is 7.69. The standard InChI is InChI=1S/C14H19F2NO2S/c1-2-18-12-5-3-4-10(13(12)19-14(15)16)8-17-11-6-7-20-9-11/h3-5,11,14,17H,2,6-9H2,1H3/t11-/m0/s1. The number of alkyl halides is 2. The molecule has 1 aromatic rings. The first-order valence-electron chi connectivity index (χ1n) is 6.71. The van der Waals surface area contributed by atoms with Gasteiger partial charge in [-0.15, -0.1) is 0 Å². The Hall–Kier alpha value is -1.01. The molecule has 1 aromatic carbocycles. The van der Waals surface area contributed by atoms with Gasteiger partial charge in [0.1, 0.15) is 0 Å². The molecule has 0 amide bonds. The maximum atomic E-state index is 12.6. The molecule has 1 aliphatic rings. The van der Waals surface area contributed by atoms with Gasteiger partial charge in [-0.3, -0.25) is 0 Å². The summed E-state index contributed by atoms with van der Waals surface area (Å²) < 4.78 is 35.1. The lowest BCUT2D eigenvalue weighted by molar-refractivity contribution is -0.0521. The average Bonchev–Trinajstić information content (AvgIpc) is 2.92. The molecule has 20 heavy (non-hydrogen) atoms. The number of hydrogen-bond donors (Lipinski definition) is 1. The molecule has 0 radical (unpaired) electrons. The summed E-state index contributed by atoms with van der Waals surface area (Å²) in [5.41, 5.74) is 0.702. The maximum absolute atomic E-state index is 12.6. The number of nitrogens with one attached hydrogen (secondary N) is 1. The normalized spacial score (nSPS) is 18.5. The minimum Gasteiger partial charge on any atom is -0.490 e. The van der Waals surface area contributed by atoms with Crippen molar-refractivity contribution in [1.29, 1.82) is 0 Å². The van der Waals surface area contributed by atoms with Gasteiger partial charge < -0.3 is 14.8 Å². The van der Waals surface area contributed by atoms with Crippen LogP contribution >= 0.6 is 11.8 Å². The molecule has 1 saturated heterocycles. The topological polar surface area (TPSA) is 30.5 Å². The van der Waals surface area contributed by atoms with Crippen LogP contribution in [0.1, 0.15) is 18.9 Å². The summed E-state index contributed by atoms with van der Waals surface area (Å²) in [5, 5.41) is 3.38. The first-order chi connectivity index (χ1) is 9.70. The van der Waals surface area contributed by atoms with Crippen molar-refractivity contribution < 1.29 is 18.3 Å². The van der Waals surface area contributed by atoms with Crippen molar-refractivity contribution >= 4 is 11.8 Å². The molecule has 6 heteroatoms. The predicted molar refractivity (Wildman–Crippen MR) is 76.8 cm³/mol. The Balaban J connectivity index is 2.09. The summed E-state index contributed by atoms with van der Waals surface area (Å²) in [6.45, 7) is -0.117. The summed E-state index contributed by atoms with van der Waals surface area (Å²) in [6.07, 6.45) is 1.11. The summed E-state index contributed by atoms with van der Waals surface area (Å²) in [5.74, 6) is 2.73. The lowest BCUT2D eigenvalue weighted by Gasteiger charge is -2.17. The molecular formula is C14H19F2NO2S. The first-order valence-corrected chi connectivity index (χ1v) is 7.86. The number of para-hydroxylation sites is 1. The molecule has 112 valence electrons. The third-order valence-corrected chi connectivity index (χ3v) is 4.24.